The van der Waals surface area contributed by atoms with Crippen LogP contribution >= 0.6 is 0 Å². The predicted molar refractivity (Wildman–Crippen MR) is 79.9 cm³/mol. The van der Waals surface area contributed by atoms with Crippen LogP contribution in [0.1, 0.15) is 40.9 Å². The summed E-state index contributed by atoms with van der Waals surface area (Å²) in [6, 6.07) is 7.56. The number of amides is 1. The monoisotopic (exact) mass is 298 g/mol. The Labute approximate surface area is 128 Å². The van der Waals surface area contributed by atoms with Crippen molar-refractivity contribution in [3.05, 3.63) is 41.7 Å². The minimum atomic E-state index is 0.0104. The van der Waals surface area contributed by atoms with Gasteiger partial charge in [-0.15, -0.1) is 5.10 Å². The predicted octanol–water partition coefficient (Wildman–Crippen LogP) is 1.86. The molecule has 0 atom stereocenters. The van der Waals surface area contributed by atoms with Crippen LogP contribution in [-0.4, -0.2) is 46.0 Å². The van der Waals surface area contributed by atoms with Gasteiger partial charge in [0.1, 0.15) is 5.75 Å². The van der Waals surface area contributed by atoms with E-state index in [1.807, 2.05) is 34.0 Å². The third-order valence-electron chi connectivity index (χ3n) is 4.38. The summed E-state index contributed by atoms with van der Waals surface area (Å²) in [5, 5.41) is 8.43. The molecule has 1 aromatic carbocycles. The van der Waals surface area contributed by atoms with Crippen LogP contribution in [0, 0.1) is 0 Å². The fourth-order valence-corrected chi connectivity index (χ4v) is 2.82. The molecule has 22 heavy (non-hydrogen) atoms. The van der Waals surface area contributed by atoms with Crippen molar-refractivity contribution in [1.82, 2.24) is 19.9 Å². The van der Waals surface area contributed by atoms with E-state index in [0.29, 0.717) is 30.3 Å². The SMILES string of the molecule is COc1ccccc1C(=O)N1CC(n2cc(C3CC3)nn2)C1. The summed E-state index contributed by atoms with van der Waals surface area (Å²) >= 11 is 0. The quantitative estimate of drug-likeness (QED) is 0.864. The highest BCUT2D eigenvalue weighted by Gasteiger charge is 2.35. The van der Waals surface area contributed by atoms with E-state index in [2.05, 4.69) is 10.3 Å². The lowest BCUT2D eigenvalue weighted by Crippen LogP contribution is -2.51. The Morgan fingerprint density at radius 3 is 2.77 bits per heavy atom. The maximum atomic E-state index is 12.5. The van der Waals surface area contributed by atoms with Crippen molar-refractivity contribution in [2.75, 3.05) is 20.2 Å². The van der Waals surface area contributed by atoms with Gasteiger partial charge < -0.3 is 9.64 Å². The molecule has 2 aromatic rings. The minimum absolute atomic E-state index is 0.0104. The smallest absolute Gasteiger partial charge is 0.257 e. The number of methoxy groups -OCH3 is 1. The lowest BCUT2D eigenvalue weighted by atomic mass is 10.1. The van der Waals surface area contributed by atoms with Crippen molar-refractivity contribution in [1.29, 1.82) is 0 Å². The van der Waals surface area contributed by atoms with E-state index in [0.717, 1.165) is 5.69 Å². The molecule has 2 fully saturated rings. The summed E-state index contributed by atoms with van der Waals surface area (Å²) in [5.74, 6) is 1.24. The molecule has 0 radical (unpaired) electrons. The summed E-state index contributed by atoms with van der Waals surface area (Å²) in [6.45, 7) is 1.34. The van der Waals surface area contributed by atoms with E-state index >= 15 is 0 Å². The zero-order chi connectivity index (χ0) is 15.1. The van der Waals surface area contributed by atoms with Crippen LogP contribution in [0.4, 0.5) is 0 Å². The molecule has 0 unspecified atom stereocenters. The zero-order valence-corrected chi connectivity index (χ0v) is 12.5. The van der Waals surface area contributed by atoms with Gasteiger partial charge in [0, 0.05) is 25.2 Å². The number of carbonyl (C=O) groups is 1. The topological polar surface area (TPSA) is 60.2 Å². The number of likely N-dealkylation sites (tertiary alicyclic amines) is 1. The van der Waals surface area contributed by atoms with Crippen LogP contribution < -0.4 is 4.74 Å². The molecule has 0 N–H and O–H groups in total. The highest BCUT2D eigenvalue weighted by molar-refractivity contribution is 5.97. The van der Waals surface area contributed by atoms with E-state index in [9.17, 15) is 4.79 Å². The zero-order valence-electron chi connectivity index (χ0n) is 12.5. The van der Waals surface area contributed by atoms with Crippen LogP contribution in [0.2, 0.25) is 0 Å². The number of aromatic nitrogens is 3. The molecule has 1 saturated carbocycles. The third-order valence-corrected chi connectivity index (χ3v) is 4.38. The number of hydrogen-bond donors (Lipinski definition) is 0. The van der Waals surface area contributed by atoms with Crippen LogP contribution in [0.25, 0.3) is 0 Å². The second-order valence-electron chi connectivity index (χ2n) is 5.96. The maximum absolute atomic E-state index is 12.5. The lowest BCUT2D eigenvalue weighted by molar-refractivity contribution is 0.0495. The summed E-state index contributed by atoms with van der Waals surface area (Å²) in [5.41, 5.74) is 1.70. The number of carbonyl (C=O) groups excluding carboxylic acids is 1. The molecule has 6 heteroatoms. The molecule has 2 heterocycles. The Bertz CT molecular complexity index is 702. The molecule has 6 nitrogen and oxygen atoms in total. The number of rotatable bonds is 4. The molecule has 2 aliphatic rings. The standard InChI is InChI=1S/C16H18N4O2/c1-22-15-5-3-2-4-13(15)16(21)19-8-12(9-19)20-10-14(17-18-20)11-6-7-11/h2-5,10-12H,6-9H2,1H3. The lowest BCUT2D eigenvalue weighted by Gasteiger charge is -2.39. The number of ether oxygens (including phenoxy) is 1. The van der Waals surface area contributed by atoms with Gasteiger partial charge in [0.15, 0.2) is 0 Å². The molecule has 1 aliphatic heterocycles. The third kappa shape index (κ3) is 2.24. The van der Waals surface area contributed by atoms with Crippen molar-refractivity contribution in [2.45, 2.75) is 24.8 Å². The molecule has 4 rings (SSSR count). The van der Waals surface area contributed by atoms with E-state index in [4.69, 9.17) is 4.74 Å². The van der Waals surface area contributed by atoms with Gasteiger partial charge in [-0.2, -0.15) is 0 Å². The van der Waals surface area contributed by atoms with Gasteiger partial charge in [-0.25, -0.2) is 4.68 Å². The van der Waals surface area contributed by atoms with Crippen LogP contribution in [-0.2, 0) is 0 Å². The largest absolute Gasteiger partial charge is 0.496 e. The first-order valence-electron chi connectivity index (χ1n) is 7.60. The Kier molecular flexibility index (Phi) is 3.10. The second-order valence-corrected chi connectivity index (χ2v) is 5.96. The van der Waals surface area contributed by atoms with Gasteiger partial charge in [-0.1, -0.05) is 17.3 Å². The number of para-hydroxylation sites is 1. The average Bonchev–Trinajstić information content (AvgIpc) is 3.25. The molecule has 1 aromatic heterocycles. The van der Waals surface area contributed by atoms with Crippen LogP contribution in [0.3, 0.4) is 0 Å². The first-order valence-corrected chi connectivity index (χ1v) is 7.60. The van der Waals surface area contributed by atoms with Crippen molar-refractivity contribution in [3.8, 4) is 5.75 Å². The van der Waals surface area contributed by atoms with Crippen LogP contribution in [0.5, 0.6) is 5.75 Å². The Morgan fingerprint density at radius 1 is 1.27 bits per heavy atom. The molecule has 1 saturated heterocycles. The summed E-state index contributed by atoms with van der Waals surface area (Å²) in [7, 11) is 1.58. The average molecular weight is 298 g/mol. The van der Waals surface area contributed by atoms with Crippen molar-refractivity contribution < 1.29 is 9.53 Å². The van der Waals surface area contributed by atoms with Crippen molar-refractivity contribution in [2.24, 2.45) is 0 Å². The Hall–Kier alpha value is -2.37. The molecule has 114 valence electrons. The van der Waals surface area contributed by atoms with E-state index in [1.165, 1.54) is 12.8 Å². The molecule has 0 bridgehead atoms. The first kappa shape index (κ1) is 13.3. The highest BCUT2D eigenvalue weighted by Crippen LogP contribution is 2.39. The van der Waals surface area contributed by atoms with E-state index in [1.54, 1.807) is 13.2 Å². The molecule has 0 spiro atoms. The van der Waals surface area contributed by atoms with E-state index in [-0.39, 0.29) is 11.9 Å². The van der Waals surface area contributed by atoms with Gasteiger partial charge in [0.2, 0.25) is 0 Å². The normalized spacial score (nSPS) is 18.1. The van der Waals surface area contributed by atoms with Gasteiger partial charge in [-0.3, -0.25) is 4.79 Å². The van der Waals surface area contributed by atoms with Crippen molar-refractivity contribution in [3.63, 3.8) is 0 Å². The summed E-state index contributed by atoms with van der Waals surface area (Å²) in [4.78, 5) is 14.3. The van der Waals surface area contributed by atoms with Gasteiger partial charge in [-0.05, 0) is 25.0 Å². The van der Waals surface area contributed by atoms with Gasteiger partial charge in [0.25, 0.3) is 5.91 Å². The first-order chi connectivity index (χ1) is 10.8. The summed E-state index contributed by atoms with van der Waals surface area (Å²) in [6.07, 6.45) is 4.48. The molecule has 1 amide bonds. The van der Waals surface area contributed by atoms with Gasteiger partial charge >= 0.3 is 0 Å². The molecular weight excluding hydrogens is 280 g/mol. The number of benzene rings is 1. The minimum Gasteiger partial charge on any atom is -0.496 e. The number of hydrogen-bond acceptors (Lipinski definition) is 4. The number of nitrogens with zero attached hydrogens (tertiary/aromatic N) is 4. The molecule has 1 aliphatic carbocycles. The Balaban J connectivity index is 1.42. The summed E-state index contributed by atoms with van der Waals surface area (Å²) < 4.78 is 7.16. The van der Waals surface area contributed by atoms with Crippen LogP contribution in [0.15, 0.2) is 30.5 Å². The second kappa shape index (κ2) is 5.12. The highest BCUT2D eigenvalue weighted by atomic mass is 16.5. The maximum Gasteiger partial charge on any atom is 0.257 e. The van der Waals surface area contributed by atoms with E-state index < -0.39 is 0 Å². The molecular formula is C16H18N4O2. The Morgan fingerprint density at radius 2 is 2.05 bits per heavy atom. The van der Waals surface area contributed by atoms with Crippen molar-refractivity contribution >= 4 is 5.91 Å². The fraction of sp³-hybridized carbons (Fsp3) is 0.438. The fourth-order valence-electron chi connectivity index (χ4n) is 2.82. The van der Waals surface area contributed by atoms with Gasteiger partial charge in [0.05, 0.1) is 24.4 Å².